The van der Waals surface area contributed by atoms with Crippen molar-refractivity contribution in [3.63, 3.8) is 0 Å². The van der Waals surface area contributed by atoms with Crippen LogP contribution >= 0.6 is 11.6 Å². The van der Waals surface area contributed by atoms with E-state index in [0.717, 1.165) is 22.2 Å². The van der Waals surface area contributed by atoms with E-state index in [-0.39, 0.29) is 5.43 Å². The van der Waals surface area contributed by atoms with E-state index in [1.54, 1.807) is 18.2 Å². The number of hydrogen-bond donors (Lipinski definition) is 1. The maximum absolute atomic E-state index is 11.9. The standard InChI is InChI=1S/C13H12ClNO/c1-7-10(14)5-4-9-12(16)6-11(8-2-3-8)15-13(7)9/h4-6,8H,2-3H2,1H3,(H,15,16). The largest absolute Gasteiger partial charge is 0.358 e. The highest BCUT2D eigenvalue weighted by molar-refractivity contribution is 6.32. The van der Waals surface area contributed by atoms with Crippen molar-refractivity contribution in [1.82, 2.24) is 4.98 Å². The van der Waals surface area contributed by atoms with E-state index in [0.29, 0.717) is 10.9 Å². The molecule has 1 aliphatic carbocycles. The summed E-state index contributed by atoms with van der Waals surface area (Å²) in [6.45, 7) is 1.94. The van der Waals surface area contributed by atoms with Crippen LogP contribution in [-0.4, -0.2) is 4.98 Å². The minimum absolute atomic E-state index is 0.0930. The lowest BCUT2D eigenvalue weighted by molar-refractivity contribution is 1.04. The summed E-state index contributed by atoms with van der Waals surface area (Å²) in [7, 11) is 0. The van der Waals surface area contributed by atoms with Crippen LogP contribution in [0.2, 0.25) is 5.02 Å². The zero-order valence-corrected chi connectivity index (χ0v) is 9.77. The fourth-order valence-electron chi connectivity index (χ4n) is 2.07. The van der Waals surface area contributed by atoms with Gasteiger partial charge in [0.05, 0.1) is 5.52 Å². The van der Waals surface area contributed by atoms with Gasteiger partial charge in [-0.15, -0.1) is 0 Å². The minimum Gasteiger partial charge on any atom is -0.358 e. The van der Waals surface area contributed by atoms with Crippen molar-refractivity contribution >= 4 is 22.5 Å². The lowest BCUT2D eigenvalue weighted by Crippen LogP contribution is -2.05. The Labute approximate surface area is 98.3 Å². The molecule has 3 heteroatoms. The second-order valence-electron chi connectivity index (χ2n) is 4.46. The van der Waals surface area contributed by atoms with Gasteiger partial charge in [-0.2, -0.15) is 0 Å². The number of H-pyrrole nitrogens is 1. The molecule has 0 amide bonds. The molecule has 0 bridgehead atoms. The molecule has 1 aromatic heterocycles. The molecule has 0 aliphatic heterocycles. The van der Waals surface area contributed by atoms with E-state index in [9.17, 15) is 4.79 Å². The molecule has 1 heterocycles. The van der Waals surface area contributed by atoms with Crippen molar-refractivity contribution in [2.45, 2.75) is 25.7 Å². The van der Waals surface area contributed by atoms with Crippen molar-refractivity contribution in [2.75, 3.05) is 0 Å². The number of aromatic amines is 1. The summed E-state index contributed by atoms with van der Waals surface area (Å²) in [5, 5.41) is 1.43. The highest BCUT2D eigenvalue weighted by atomic mass is 35.5. The van der Waals surface area contributed by atoms with Crippen LogP contribution in [0.15, 0.2) is 23.0 Å². The van der Waals surface area contributed by atoms with Crippen LogP contribution < -0.4 is 5.43 Å². The number of fused-ring (bicyclic) bond motifs is 1. The molecule has 0 saturated heterocycles. The molecule has 0 atom stereocenters. The first-order valence-electron chi connectivity index (χ1n) is 5.49. The van der Waals surface area contributed by atoms with E-state index in [1.807, 2.05) is 6.92 Å². The lowest BCUT2D eigenvalue weighted by atomic mass is 10.1. The van der Waals surface area contributed by atoms with Gasteiger partial charge >= 0.3 is 0 Å². The average Bonchev–Trinajstić information content (AvgIpc) is 3.07. The van der Waals surface area contributed by atoms with Gasteiger partial charge in [0, 0.05) is 22.2 Å². The highest BCUT2D eigenvalue weighted by Crippen LogP contribution is 2.39. The Hall–Kier alpha value is -1.28. The Bertz CT molecular complexity index is 626. The number of pyridine rings is 1. The summed E-state index contributed by atoms with van der Waals surface area (Å²) < 4.78 is 0. The number of hydrogen-bond acceptors (Lipinski definition) is 1. The molecule has 1 saturated carbocycles. The predicted octanol–water partition coefficient (Wildman–Crippen LogP) is 3.37. The fourth-order valence-corrected chi connectivity index (χ4v) is 2.22. The topological polar surface area (TPSA) is 32.9 Å². The molecule has 3 rings (SSSR count). The number of benzene rings is 1. The summed E-state index contributed by atoms with van der Waals surface area (Å²) in [6.07, 6.45) is 2.36. The van der Waals surface area contributed by atoms with Crippen LogP contribution in [-0.2, 0) is 0 Å². The third-order valence-electron chi connectivity index (χ3n) is 3.24. The Morgan fingerprint density at radius 3 is 2.81 bits per heavy atom. The molecule has 0 spiro atoms. The highest BCUT2D eigenvalue weighted by Gasteiger charge is 2.25. The van der Waals surface area contributed by atoms with E-state index >= 15 is 0 Å². The van der Waals surface area contributed by atoms with E-state index in [2.05, 4.69) is 4.98 Å². The second kappa shape index (κ2) is 3.36. The molecule has 2 nitrogen and oxygen atoms in total. The van der Waals surface area contributed by atoms with Crippen LogP contribution in [0.25, 0.3) is 10.9 Å². The molecule has 2 aromatic rings. The molecule has 0 unspecified atom stereocenters. The maximum Gasteiger partial charge on any atom is 0.189 e. The molecule has 16 heavy (non-hydrogen) atoms. The monoisotopic (exact) mass is 233 g/mol. The molecule has 82 valence electrons. The fraction of sp³-hybridized carbons (Fsp3) is 0.308. The van der Waals surface area contributed by atoms with Gasteiger partial charge in [-0.1, -0.05) is 11.6 Å². The molecule has 1 N–H and O–H groups in total. The van der Waals surface area contributed by atoms with Crippen molar-refractivity contribution in [3.8, 4) is 0 Å². The van der Waals surface area contributed by atoms with E-state index < -0.39 is 0 Å². The normalized spacial score (nSPS) is 15.6. The third-order valence-corrected chi connectivity index (χ3v) is 3.65. The first-order valence-corrected chi connectivity index (χ1v) is 5.86. The van der Waals surface area contributed by atoms with Crippen molar-refractivity contribution in [3.05, 3.63) is 44.7 Å². The van der Waals surface area contributed by atoms with E-state index in [4.69, 9.17) is 11.6 Å². The van der Waals surface area contributed by atoms with Crippen LogP contribution in [0, 0.1) is 6.92 Å². The van der Waals surface area contributed by atoms with Gasteiger partial charge in [0.15, 0.2) is 5.43 Å². The number of nitrogens with one attached hydrogen (secondary N) is 1. The summed E-state index contributed by atoms with van der Waals surface area (Å²) in [5.74, 6) is 0.551. The number of rotatable bonds is 1. The molecule has 1 fully saturated rings. The Balaban J connectivity index is 2.38. The number of aromatic nitrogens is 1. The van der Waals surface area contributed by atoms with Gasteiger partial charge in [0.25, 0.3) is 0 Å². The van der Waals surface area contributed by atoms with Gasteiger partial charge in [-0.25, -0.2) is 0 Å². The van der Waals surface area contributed by atoms with Gasteiger partial charge in [-0.05, 0) is 43.4 Å². The smallest absolute Gasteiger partial charge is 0.189 e. The average molecular weight is 234 g/mol. The Kier molecular flexibility index (Phi) is 2.08. The molecule has 1 aromatic carbocycles. The predicted molar refractivity (Wildman–Crippen MR) is 66.3 cm³/mol. The molecular weight excluding hydrogens is 222 g/mol. The first kappa shape index (κ1) is 9.91. The summed E-state index contributed by atoms with van der Waals surface area (Å²) in [6, 6.07) is 5.30. The van der Waals surface area contributed by atoms with Crippen molar-refractivity contribution < 1.29 is 0 Å². The zero-order valence-electron chi connectivity index (χ0n) is 9.01. The van der Waals surface area contributed by atoms with Gasteiger partial charge in [0.2, 0.25) is 0 Å². The van der Waals surface area contributed by atoms with Crippen LogP contribution in [0.4, 0.5) is 0 Å². The van der Waals surface area contributed by atoms with Gasteiger partial charge in [-0.3, -0.25) is 4.79 Å². The van der Waals surface area contributed by atoms with Crippen LogP contribution in [0.5, 0.6) is 0 Å². The van der Waals surface area contributed by atoms with E-state index in [1.165, 1.54) is 12.8 Å². The molecular formula is C13H12ClNO. The van der Waals surface area contributed by atoms with Crippen LogP contribution in [0.3, 0.4) is 0 Å². The molecule has 0 radical (unpaired) electrons. The summed E-state index contributed by atoms with van der Waals surface area (Å²) in [4.78, 5) is 15.3. The maximum atomic E-state index is 11.9. The SMILES string of the molecule is Cc1c(Cl)ccc2c(=O)cc(C3CC3)[nH]c12. The Morgan fingerprint density at radius 1 is 1.38 bits per heavy atom. The van der Waals surface area contributed by atoms with Gasteiger partial charge < -0.3 is 4.98 Å². The summed E-state index contributed by atoms with van der Waals surface area (Å²) >= 11 is 6.07. The lowest BCUT2D eigenvalue weighted by Gasteiger charge is -2.06. The minimum atomic E-state index is 0.0930. The van der Waals surface area contributed by atoms with Gasteiger partial charge in [0.1, 0.15) is 0 Å². The third kappa shape index (κ3) is 1.45. The van der Waals surface area contributed by atoms with Crippen molar-refractivity contribution in [2.24, 2.45) is 0 Å². The van der Waals surface area contributed by atoms with Crippen LogP contribution in [0.1, 0.15) is 30.0 Å². The first-order chi connectivity index (χ1) is 7.66. The van der Waals surface area contributed by atoms with Crippen molar-refractivity contribution in [1.29, 1.82) is 0 Å². The number of aryl methyl sites for hydroxylation is 1. The Morgan fingerprint density at radius 2 is 2.12 bits per heavy atom. The molecule has 1 aliphatic rings. The quantitative estimate of drug-likeness (QED) is 0.805. The number of halogens is 1. The zero-order chi connectivity index (χ0) is 11.3. The second-order valence-corrected chi connectivity index (χ2v) is 4.87. The summed E-state index contributed by atoms with van der Waals surface area (Å²) in [5.41, 5.74) is 3.00.